The van der Waals surface area contributed by atoms with E-state index in [-0.39, 0.29) is 12.5 Å². The number of amides is 1. The summed E-state index contributed by atoms with van der Waals surface area (Å²) in [7, 11) is 0. The predicted molar refractivity (Wildman–Crippen MR) is 98.8 cm³/mol. The van der Waals surface area contributed by atoms with E-state index in [1.165, 1.54) is 5.56 Å². The summed E-state index contributed by atoms with van der Waals surface area (Å²) in [5, 5.41) is 14.3. The van der Waals surface area contributed by atoms with E-state index in [2.05, 4.69) is 29.4 Å². The number of morpholine rings is 1. The number of aryl methyl sites for hydroxylation is 3. The fourth-order valence-electron chi connectivity index (χ4n) is 3.35. The molecule has 1 aliphatic rings. The van der Waals surface area contributed by atoms with Crippen LogP contribution in [0.15, 0.2) is 36.5 Å². The van der Waals surface area contributed by atoms with Gasteiger partial charge in [0.05, 0.1) is 25.5 Å². The summed E-state index contributed by atoms with van der Waals surface area (Å²) in [6.07, 6.45) is 2.87. The van der Waals surface area contributed by atoms with Crippen molar-refractivity contribution in [3.05, 3.63) is 53.3 Å². The molecule has 1 aromatic heterocycles. The van der Waals surface area contributed by atoms with Gasteiger partial charge in [-0.25, -0.2) is 0 Å². The third kappa shape index (κ3) is 4.51. The number of carbonyl (C=O) groups is 1. The lowest BCUT2D eigenvalue weighted by Gasteiger charge is -2.42. The second kappa shape index (κ2) is 8.01. The van der Waals surface area contributed by atoms with Crippen molar-refractivity contribution >= 4 is 5.91 Å². The molecule has 6 nitrogen and oxygen atoms in total. The molecular formula is C20H27N3O3. The molecule has 1 amide bonds. The molecule has 1 saturated heterocycles. The quantitative estimate of drug-likeness (QED) is 0.855. The van der Waals surface area contributed by atoms with Gasteiger partial charge in [0.2, 0.25) is 5.91 Å². The lowest BCUT2D eigenvalue weighted by atomic mass is 9.92. The van der Waals surface area contributed by atoms with Gasteiger partial charge in [-0.1, -0.05) is 29.8 Å². The van der Waals surface area contributed by atoms with Crippen LogP contribution in [0.25, 0.3) is 0 Å². The molecule has 26 heavy (non-hydrogen) atoms. The van der Waals surface area contributed by atoms with Crippen LogP contribution < -0.4 is 0 Å². The Kier molecular flexibility index (Phi) is 5.74. The number of hydrogen-bond donors (Lipinski definition) is 1. The van der Waals surface area contributed by atoms with E-state index in [9.17, 15) is 9.90 Å². The monoisotopic (exact) mass is 357 g/mol. The van der Waals surface area contributed by atoms with E-state index >= 15 is 0 Å². The van der Waals surface area contributed by atoms with Crippen molar-refractivity contribution in [1.29, 1.82) is 0 Å². The summed E-state index contributed by atoms with van der Waals surface area (Å²) in [6, 6.07) is 10.1. The number of aliphatic hydroxyl groups excluding tert-OH is 1. The van der Waals surface area contributed by atoms with Crippen LogP contribution in [0.4, 0.5) is 0 Å². The summed E-state index contributed by atoms with van der Waals surface area (Å²) in [5.41, 5.74) is 2.51. The molecule has 2 heterocycles. The highest BCUT2D eigenvalue weighted by Crippen LogP contribution is 2.24. The van der Waals surface area contributed by atoms with Gasteiger partial charge in [0.25, 0.3) is 0 Å². The first-order valence-corrected chi connectivity index (χ1v) is 9.08. The van der Waals surface area contributed by atoms with E-state index in [0.29, 0.717) is 39.1 Å². The SMILES string of the molecule is Cc1ccc(CC2(CO)CN(C(=O)CCn3ccc(C)n3)CCO2)cc1. The van der Waals surface area contributed by atoms with Gasteiger partial charge < -0.3 is 14.7 Å². The number of rotatable bonds is 6. The molecular weight excluding hydrogens is 330 g/mol. The van der Waals surface area contributed by atoms with Crippen LogP contribution in [0.5, 0.6) is 0 Å². The van der Waals surface area contributed by atoms with Gasteiger partial charge in [0.1, 0.15) is 5.60 Å². The number of carbonyl (C=O) groups excluding carboxylic acids is 1. The van der Waals surface area contributed by atoms with Crippen LogP contribution in [-0.2, 0) is 22.5 Å². The number of aliphatic hydroxyl groups is 1. The summed E-state index contributed by atoms with van der Waals surface area (Å²) in [6.45, 7) is 5.85. The van der Waals surface area contributed by atoms with Crippen molar-refractivity contribution in [3.63, 3.8) is 0 Å². The van der Waals surface area contributed by atoms with E-state index < -0.39 is 5.60 Å². The zero-order valence-electron chi connectivity index (χ0n) is 15.5. The highest BCUT2D eigenvalue weighted by Gasteiger charge is 2.38. The molecule has 3 rings (SSSR count). The molecule has 1 atom stereocenters. The van der Waals surface area contributed by atoms with Crippen LogP contribution in [-0.4, -0.2) is 57.6 Å². The molecule has 0 radical (unpaired) electrons. The standard InChI is InChI=1S/C20H27N3O3/c1-16-3-5-18(6-4-16)13-20(15-24)14-22(11-12-26-20)19(25)8-10-23-9-7-17(2)21-23/h3-7,9,24H,8,10-15H2,1-2H3. The van der Waals surface area contributed by atoms with Crippen molar-refractivity contribution in [2.45, 2.75) is 38.8 Å². The minimum absolute atomic E-state index is 0.0724. The average molecular weight is 357 g/mol. The second-order valence-electron chi connectivity index (χ2n) is 7.14. The van der Waals surface area contributed by atoms with Crippen LogP contribution >= 0.6 is 0 Å². The fourth-order valence-corrected chi connectivity index (χ4v) is 3.35. The maximum Gasteiger partial charge on any atom is 0.224 e. The van der Waals surface area contributed by atoms with Crippen molar-refractivity contribution in [2.24, 2.45) is 0 Å². The van der Waals surface area contributed by atoms with Crippen molar-refractivity contribution in [2.75, 3.05) is 26.3 Å². The summed E-state index contributed by atoms with van der Waals surface area (Å²) in [4.78, 5) is 14.4. The van der Waals surface area contributed by atoms with Gasteiger partial charge in [0.15, 0.2) is 0 Å². The first-order valence-electron chi connectivity index (χ1n) is 9.08. The molecule has 1 aromatic carbocycles. The first kappa shape index (κ1) is 18.6. The van der Waals surface area contributed by atoms with Crippen LogP contribution in [0.2, 0.25) is 0 Å². The van der Waals surface area contributed by atoms with E-state index in [1.54, 1.807) is 4.68 Å². The molecule has 0 spiro atoms. The molecule has 140 valence electrons. The highest BCUT2D eigenvalue weighted by atomic mass is 16.5. The largest absolute Gasteiger partial charge is 0.393 e. The van der Waals surface area contributed by atoms with Crippen molar-refractivity contribution < 1.29 is 14.6 Å². The maximum atomic E-state index is 12.6. The zero-order chi connectivity index (χ0) is 18.6. The average Bonchev–Trinajstić information content (AvgIpc) is 3.07. The molecule has 0 aliphatic carbocycles. The van der Waals surface area contributed by atoms with Crippen LogP contribution in [0.1, 0.15) is 23.2 Å². The smallest absolute Gasteiger partial charge is 0.224 e. The molecule has 1 N–H and O–H groups in total. The lowest BCUT2D eigenvalue weighted by Crippen LogP contribution is -2.56. The molecule has 1 aliphatic heterocycles. The van der Waals surface area contributed by atoms with E-state index in [1.807, 2.05) is 31.0 Å². The van der Waals surface area contributed by atoms with Crippen molar-refractivity contribution in [3.8, 4) is 0 Å². The Morgan fingerprint density at radius 2 is 2.04 bits per heavy atom. The Hall–Kier alpha value is -2.18. The van der Waals surface area contributed by atoms with Crippen LogP contribution in [0.3, 0.4) is 0 Å². The maximum absolute atomic E-state index is 12.6. The Balaban J connectivity index is 1.62. The van der Waals surface area contributed by atoms with Gasteiger partial charge in [-0.2, -0.15) is 5.10 Å². The number of aromatic nitrogens is 2. The Bertz CT molecular complexity index is 741. The van der Waals surface area contributed by atoms with Gasteiger partial charge in [-0.15, -0.1) is 0 Å². The predicted octanol–water partition coefficient (Wildman–Crippen LogP) is 1.72. The lowest BCUT2D eigenvalue weighted by molar-refractivity contribution is -0.158. The summed E-state index contributed by atoms with van der Waals surface area (Å²) < 4.78 is 7.72. The highest BCUT2D eigenvalue weighted by molar-refractivity contribution is 5.76. The number of benzene rings is 1. The molecule has 1 unspecified atom stereocenters. The molecule has 1 fully saturated rings. The number of hydrogen-bond acceptors (Lipinski definition) is 4. The topological polar surface area (TPSA) is 67.6 Å². The van der Waals surface area contributed by atoms with E-state index in [4.69, 9.17) is 4.74 Å². The molecule has 0 bridgehead atoms. The number of nitrogens with zero attached hydrogens (tertiary/aromatic N) is 3. The molecule has 0 saturated carbocycles. The first-order chi connectivity index (χ1) is 12.5. The van der Waals surface area contributed by atoms with Gasteiger partial charge in [0, 0.05) is 32.1 Å². The Labute approximate surface area is 154 Å². The van der Waals surface area contributed by atoms with Gasteiger partial charge >= 0.3 is 0 Å². The normalized spacial score (nSPS) is 20.3. The zero-order valence-corrected chi connectivity index (χ0v) is 15.5. The minimum Gasteiger partial charge on any atom is -0.393 e. The second-order valence-corrected chi connectivity index (χ2v) is 7.14. The Morgan fingerprint density at radius 1 is 1.27 bits per heavy atom. The summed E-state index contributed by atoms with van der Waals surface area (Å²) >= 11 is 0. The molecule has 6 heteroatoms. The van der Waals surface area contributed by atoms with E-state index in [0.717, 1.165) is 11.3 Å². The summed E-state index contributed by atoms with van der Waals surface area (Å²) in [5.74, 6) is 0.0724. The fraction of sp³-hybridized carbons (Fsp3) is 0.500. The Morgan fingerprint density at radius 3 is 2.69 bits per heavy atom. The van der Waals surface area contributed by atoms with Crippen molar-refractivity contribution in [1.82, 2.24) is 14.7 Å². The number of ether oxygens (including phenoxy) is 1. The minimum atomic E-state index is -0.731. The van der Waals surface area contributed by atoms with Crippen LogP contribution in [0, 0.1) is 13.8 Å². The van der Waals surface area contributed by atoms with Gasteiger partial charge in [-0.05, 0) is 25.5 Å². The third-order valence-electron chi connectivity index (χ3n) is 4.86. The van der Waals surface area contributed by atoms with Gasteiger partial charge in [-0.3, -0.25) is 9.48 Å². The third-order valence-corrected chi connectivity index (χ3v) is 4.86. The molecule has 2 aromatic rings.